The molecule has 17 heavy (non-hydrogen) atoms. The zero-order valence-electron chi connectivity index (χ0n) is 8.89. The first kappa shape index (κ1) is 13.1. The van der Waals surface area contributed by atoms with E-state index < -0.39 is 24.3 Å². The van der Waals surface area contributed by atoms with Gasteiger partial charge in [0.25, 0.3) is 0 Å². The third-order valence-corrected chi connectivity index (χ3v) is 2.93. The lowest BCUT2D eigenvalue weighted by atomic mass is 10.4. The summed E-state index contributed by atoms with van der Waals surface area (Å²) >= 11 is 0.956. The number of aryl methyl sites for hydroxylation is 1. The molecule has 0 aliphatic rings. The van der Waals surface area contributed by atoms with Gasteiger partial charge in [0.2, 0.25) is 5.91 Å². The zero-order chi connectivity index (χ0) is 13.0. The Morgan fingerprint density at radius 1 is 1.35 bits per heavy atom. The van der Waals surface area contributed by atoms with Crippen LogP contribution in [-0.4, -0.2) is 33.0 Å². The van der Waals surface area contributed by atoms with E-state index in [1.54, 1.807) is 6.92 Å². The molecule has 1 aromatic heterocycles. The van der Waals surface area contributed by atoms with Crippen LogP contribution in [0.3, 0.4) is 0 Å². The number of nitrogens with one attached hydrogen (secondary N) is 1. The fourth-order valence-electron chi connectivity index (χ4n) is 1.10. The molecule has 1 aromatic rings. The summed E-state index contributed by atoms with van der Waals surface area (Å²) in [5.74, 6) is -2.92. The van der Waals surface area contributed by atoms with Crippen molar-refractivity contribution < 1.29 is 24.6 Å². The Hall–Kier alpha value is -1.96. The molecule has 0 aliphatic carbocycles. The van der Waals surface area contributed by atoms with Crippen molar-refractivity contribution in [2.75, 3.05) is 0 Å². The maximum Gasteiger partial charge on any atom is 0.347 e. The number of aromatic carboxylic acids is 1. The summed E-state index contributed by atoms with van der Waals surface area (Å²) < 4.78 is 0. The SMILES string of the molecule is Cc1nc(CNC(=O)CC(=O)O)sc1C(=O)O. The zero-order valence-corrected chi connectivity index (χ0v) is 9.71. The van der Waals surface area contributed by atoms with Crippen LogP contribution in [0, 0.1) is 6.92 Å². The lowest BCUT2D eigenvalue weighted by Gasteiger charge is -1.99. The average molecular weight is 258 g/mol. The van der Waals surface area contributed by atoms with Crippen molar-refractivity contribution in [1.29, 1.82) is 0 Å². The maximum atomic E-state index is 11.0. The fourth-order valence-corrected chi connectivity index (χ4v) is 1.94. The number of carboxylic acids is 2. The third-order valence-electron chi connectivity index (χ3n) is 1.78. The van der Waals surface area contributed by atoms with E-state index in [1.165, 1.54) is 0 Å². The maximum absolute atomic E-state index is 11.0. The van der Waals surface area contributed by atoms with Crippen LogP contribution in [0.4, 0.5) is 0 Å². The monoisotopic (exact) mass is 258 g/mol. The van der Waals surface area contributed by atoms with Crippen LogP contribution in [0.25, 0.3) is 0 Å². The van der Waals surface area contributed by atoms with Crippen LogP contribution in [0.1, 0.15) is 26.8 Å². The van der Waals surface area contributed by atoms with Gasteiger partial charge >= 0.3 is 11.9 Å². The second kappa shape index (κ2) is 5.39. The molecular weight excluding hydrogens is 248 g/mol. The molecular formula is C9H10N2O5S. The van der Waals surface area contributed by atoms with Crippen LogP contribution in [0.15, 0.2) is 0 Å². The Bertz CT molecular complexity index is 468. The van der Waals surface area contributed by atoms with Crippen molar-refractivity contribution >= 4 is 29.2 Å². The predicted octanol–water partition coefficient (Wildman–Crippen LogP) is 0.241. The van der Waals surface area contributed by atoms with Crippen molar-refractivity contribution in [3.63, 3.8) is 0 Å². The summed E-state index contributed by atoms with van der Waals surface area (Å²) in [5, 5.41) is 19.9. The topological polar surface area (TPSA) is 117 Å². The predicted molar refractivity (Wildman–Crippen MR) is 57.9 cm³/mol. The molecule has 0 aliphatic heterocycles. The largest absolute Gasteiger partial charge is 0.481 e. The number of aliphatic carboxylic acids is 1. The van der Waals surface area contributed by atoms with Crippen LogP contribution < -0.4 is 5.32 Å². The van der Waals surface area contributed by atoms with Gasteiger partial charge in [-0.1, -0.05) is 0 Å². The number of amides is 1. The molecule has 1 heterocycles. The van der Waals surface area contributed by atoms with Crippen LogP contribution in [0.2, 0.25) is 0 Å². The number of hydrogen-bond donors (Lipinski definition) is 3. The summed E-state index contributed by atoms with van der Waals surface area (Å²) in [6.45, 7) is 1.59. The molecule has 0 bridgehead atoms. The van der Waals surface area contributed by atoms with Gasteiger partial charge in [0.05, 0.1) is 12.2 Å². The standard InChI is InChI=1S/C9H10N2O5S/c1-4-8(9(15)16)17-6(11-4)3-10-5(12)2-7(13)14/h2-3H2,1H3,(H,10,12)(H,13,14)(H,15,16). The summed E-state index contributed by atoms with van der Waals surface area (Å²) in [4.78, 5) is 36.0. The van der Waals surface area contributed by atoms with Crippen LogP contribution in [-0.2, 0) is 16.1 Å². The van der Waals surface area contributed by atoms with Gasteiger partial charge < -0.3 is 15.5 Å². The van der Waals surface area contributed by atoms with E-state index in [1.807, 2.05) is 0 Å². The van der Waals surface area contributed by atoms with E-state index >= 15 is 0 Å². The highest BCUT2D eigenvalue weighted by Crippen LogP contribution is 2.17. The summed E-state index contributed by atoms with van der Waals surface area (Å²) in [7, 11) is 0. The second-order valence-electron chi connectivity index (χ2n) is 3.17. The molecule has 8 heteroatoms. The van der Waals surface area contributed by atoms with E-state index in [9.17, 15) is 14.4 Å². The number of carbonyl (C=O) groups is 3. The number of carboxylic acid groups (broad SMARTS) is 2. The normalized spacial score (nSPS) is 9.94. The molecule has 3 N–H and O–H groups in total. The van der Waals surface area contributed by atoms with Gasteiger partial charge in [0, 0.05) is 0 Å². The number of thiazole rings is 1. The second-order valence-corrected chi connectivity index (χ2v) is 4.26. The number of aromatic nitrogens is 1. The average Bonchev–Trinajstić information content (AvgIpc) is 2.56. The van der Waals surface area contributed by atoms with Crippen molar-refractivity contribution in [3.05, 3.63) is 15.6 Å². The first-order valence-electron chi connectivity index (χ1n) is 4.58. The van der Waals surface area contributed by atoms with Gasteiger partial charge in [-0.25, -0.2) is 9.78 Å². The highest BCUT2D eigenvalue weighted by Gasteiger charge is 2.14. The Kier molecular flexibility index (Phi) is 4.16. The van der Waals surface area contributed by atoms with Crippen LogP contribution in [0.5, 0.6) is 0 Å². The molecule has 0 saturated carbocycles. The van der Waals surface area contributed by atoms with Gasteiger partial charge in [0.15, 0.2) is 0 Å². The minimum absolute atomic E-state index is 0.0326. The number of rotatable bonds is 5. The fraction of sp³-hybridized carbons (Fsp3) is 0.333. The Morgan fingerprint density at radius 2 is 2.00 bits per heavy atom. The van der Waals surface area contributed by atoms with E-state index in [4.69, 9.17) is 10.2 Å². The van der Waals surface area contributed by atoms with Gasteiger partial charge in [0.1, 0.15) is 16.3 Å². The third kappa shape index (κ3) is 3.83. The van der Waals surface area contributed by atoms with E-state index in [-0.39, 0.29) is 11.4 Å². The Morgan fingerprint density at radius 3 is 2.47 bits per heavy atom. The Balaban J connectivity index is 2.58. The van der Waals surface area contributed by atoms with Crippen LogP contribution >= 0.6 is 11.3 Å². The molecule has 1 amide bonds. The first-order valence-corrected chi connectivity index (χ1v) is 5.40. The molecule has 0 radical (unpaired) electrons. The molecule has 0 spiro atoms. The lowest BCUT2D eigenvalue weighted by molar-refractivity contribution is -0.140. The van der Waals surface area contributed by atoms with Gasteiger partial charge in [-0.2, -0.15) is 0 Å². The minimum Gasteiger partial charge on any atom is -0.481 e. The molecule has 1 rings (SSSR count). The van der Waals surface area contributed by atoms with E-state index in [2.05, 4.69) is 10.3 Å². The summed E-state index contributed by atoms with van der Waals surface area (Å²) in [5.41, 5.74) is 0.380. The molecule has 0 aromatic carbocycles. The number of carbonyl (C=O) groups excluding carboxylic acids is 1. The van der Waals surface area contributed by atoms with E-state index in [0.717, 1.165) is 11.3 Å². The van der Waals surface area contributed by atoms with Crippen molar-refractivity contribution in [2.24, 2.45) is 0 Å². The van der Waals surface area contributed by atoms with Crippen molar-refractivity contribution in [2.45, 2.75) is 19.9 Å². The van der Waals surface area contributed by atoms with Crippen molar-refractivity contribution in [3.8, 4) is 0 Å². The summed E-state index contributed by atoms with van der Waals surface area (Å²) in [6.07, 6.45) is -0.615. The van der Waals surface area contributed by atoms with Crippen molar-refractivity contribution in [1.82, 2.24) is 10.3 Å². The summed E-state index contributed by atoms with van der Waals surface area (Å²) in [6, 6.07) is 0. The van der Waals surface area contributed by atoms with Gasteiger partial charge in [-0.3, -0.25) is 9.59 Å². The highest BCUT2D eigenvalue weighted by atomic mass is 32.1. The molecule has 0 atom stereocenters. The molecule has 0 saturated heterocycles. The number of hydrogen-bond acceptors (Lipinski definition) is 5. The molecule has 0 unspecified atom stereocenters. The minimum atomic E-state index is -1.22. The lowest BCUT2D eigenvalue weighted by Crippen LogP contribution is -2.24. The van der Waals surface area contributed by atoms with Gasteiger partial charge in [-0.15, -0.1) is 11.3 Å². The first-order chi connectivity index (χ1) is 7.90. The molecule has 0 fully saturated rings. The van der Waals surface area contributed by atoms with Gasteiger partial charge in [-0.05, 0) is 6.92 Å². The van der Waals surface area contributed by atoms with E-state index in [0.29, 0.717) is 10.7 Å². The molecule has 92 valence electrons. The number of nitrogens with zero attached hydrogens (tertiary/aromatic N) is 1. The quantitative estimate of drug-likeness (QED) is 0.651. The Labute approximate surface area is 100 Å². The highest BCUT2D eigenvalue weighted by molar-refractivity contribution is 7.13. The smallest absolute Gasteiger partial charge is 0.347 e. The molecule has 7 nitrogen and oxygen atoms in total.